The van der Waals surface area contributed by atoms with Crippen molar-refractivity contribution in [2.45, 2.75) is 64.1 Å². The number of nitrogens with zero attached hydrogens (tertiary/aromatic N) is 1. The van der Waals surface area contributed by atoms with Crippen molar-refractivity contribution in [2.24, 2.45) is 0 Å². The molecule has 0 radical (unpaired) electrons. The van der Waals surface area contributed by atoms with Crippen molar-refractivity contribution >= 4 is 11.8 Å². The lowest BCUT2D eigenvalue weighted by molar-refractivity contribution is -0.140. The third-order valence-corrected chi connectivity index (χ3v) is 3.49. The summed E-state index contributed by atoms with van der Waals surface area (Å²) in [5.41, 5.74) is 0. The highest BCUT2D eigenvalue weighted by Crippen LogP contribution is 2.22. The van der Waals surface area contributed by atoms with Gasteiger partial charge in [0.15, 0.2) is 0 Å². The molecule has 1 saturated carbocycles. The van der Waals surface area contributed by atoms with Crippen LogP contribution in [0.2, 0.25) is 0 Å². The van der Waals surface area contributed by atoms with Crippen molar-refractivity contribution in [1.82, 2.24) is 10.2 Å². The molecule has 2 aliphatic rings. The van der Waals surface area contributed by atoms with Gasteiger partial charge in [-0.2, -0.15) is 0 Å². The number of rotatable bonds is 3. The molecule has 16 heavy (non-hydrogen) atoms. The highest BCUT2D eigenvalue weighted by molar-refractivity contribution is 6.05. The van der Waals surface area contributed by atoms with Gasteiger partial charge >= 0.3 is 0 Å². The molecule has 1 N–H and O–H groups in total. The van der Waals surface area contributed by atoms with Crippen LogP contribution in [-0.2, 0) is 9.59 Å². The first-order chi connectivity index (χ1) is 7.59. The topological polar surface area (TPSA) is 49.4 Å². The summed E-state index contributed by atoms with van der Waals surface area (Å²) >= 11 is 0. The first kappa shape index (κ1) is 11.6. The molecular weight excluding hydrogens is 204 g/mol. The summed E-state index contributed by atoms with van der Waals surface area (Å²) in [6.45, 7) is 3.77. The summed E-state index contributed by atoms with van der Waals surface area (Å²) in [5, 5.41) is 3.33. The molecular formula is C12H20N2O2. The van der Waals surface area contributed by atoms with Crippen LogP contribution < -0.4 is 5.32 Å². The molecule has 4 heteroatoms. The number of imide groups is 1. The van der Waals surface area contributed by atoms with E-state index in [1.165, 1.54) is 17.7 Å². The Kier molecular flexibility index (Phi) is 3.28. The summed E-state index contributed by atoms with van der Waals surface area (Å²) in [4.78, 5) is 25.1. The van der Waals surface area contributed by atoms with Crippen molar-refractivity contribution in [1.29, 1.82) is 0 Å². The summed E-state index contributed by atoms with van der Waals surface area (Å²) in [5.74, 6) is -0.0672. The monoisotopic (exact) mass is 224 g/mol. The van der Waals surface area contributed by atoms with Crippen molar-refractivity contribution in [3.63, 3.8) is 0 Å². The zero-order valence-corrected chi connectivity index (χ0v) is 10.0. The van der Waals surface area contributed by atoms with E-state index in [9.17, 15) is 9.59 Å². The zero-order valence-electron chi connectivity index (χ0n) is 10.0. The van der Waals surface area contributed by atoms with Crippen molar-refractivity contribution in [3.05, 3.63) is 0 Å². The van der Waals surface area contributed by atoms with Crippen LogP contribution in [0.5, 0.6) is 0 Å². The third-order valence-electron chi connectivity index (χ3n) is 3.49. The van der Waals surface area contributed by atoms with Crippen LogP contribution >= 0.6 is 0 Å². The van der Waals surface area contributed by atoms with Gasteiger partial charge in [0.1, 0.15) is 0 Å². The van der Waals surface area contributed by atoms with Gasteiger partial charge in [0.25, 0.3) is 0 Å². The summed E-state index contributed by atoms with van der Waals surface area (Å²) in [6, 6.07) is 0.155. The fraction of sp³-hybridized carbons (Fsp3) is 0.833. The fourth-order valence-corrected chi connectivity index (χ4v) is 2.70. The molecule has 1 aliphatic heterocycles. The Hall–Kier alpha value is -0.900. The van der Waals surface area contributed by atoms with E-state index < -0.39 is 0 Å². The predicted octanol–water partition coefficient (Wildman–Crippen LogP) is 1.05. The van der Waals surface area contributed by atoms with Gasteiger partial charge in [-0.1, -0.05) is 12.8 Å². The van der Waals surface area contributed by atoms with E-state index in [4.69, 9.17) is 0 Å². The molecule has 1 heterocycles. The molecule has 2 amide bonds. The first-order valence-electron chi connectivity index (χ1n) is 6.21. The Morgan fingerprint density at radius 3 is 2.38 bits per heavy atom. The van der Waals surface area contributed by atoms with E-state index in [0.29, 0.717) is 12.5 Å². The lowest BCUT2D eigenvalue weighted by Gasteiger charge is -2.20. The number of hydrogen-bond acceptors (Lipinski definition) is 3. The maximum absolute atomic E-state index is 12.0. The van der Waals surface area contributed by atoms with Crippen molar-refractivity contribution in [2.75, 3.05) is 0 Å². The number of likely N-dealkylation sites (tertiary alicyclic amines) is 1. The molecule has 0 bridgehead atoms. The molecule has 1 saturated heterocycles. The van der Waals surface area contributed by atoms with E-state index in [1.54, 1.807) is 0 Å². The van der Waals surface area contributed by atoms with Crippen molar-refractivity contribution < 1.29 is 9.59 Å². The lowest BCUT2D eigenvalue weighted by atomic mass is 10.2. The van der Waals surface area contributed by atoms with Gasteiger partial charge in [-0.3, -0.25) is 14.5 Å². The Balaban J connectivity index is 1.97. The minimum Gasteiger partial charge on any atom is -0.303 e. The fourth-order valence-electron chi connectivity index (χ4n) is 2.70. The van der Waals surface area contributed by atoms with Gasteiger partial charge in [0, 0.05) is 12.1 Å². The molecule has 1 atom stereocenters. The Morgan fingerprint density at radius 2 is 1.88 bits per heavy atom. The Labute approximate surface area is 96.4 Å². The Morgan fingerprint density at radius 1 is 1.25 bits per heavy atom. The van der Waals surface area contributed by atoms with E-state index in [-0.39, 0.29) is 23.9 Å². The highest BCUT2D eigenvalue weighted by atomic mass is 16.2. The molecule has 0 aromatic carbocycles. The highest BCUT2D eigenvalue weighted by Gasteiger charge is 2.40. The summed E-state index contributed by atoms with van der Waals surface area (Å²) in [6.07, 6.45) is 5.09. The minimum absolute atomic E-state index is 0.0182. The number of amides is 2. The van der Waals surface area contributed by atoms with E-state index in [1.807, 2.05) is 13.8 Å². The quantitative estimate of drug-likeness (QED) is 0.729. The van der Waals surface area contributed by atoms with Gasteiger partial charge in [-0.15, -0.1) is 0 Å². The van der Waals surface area contributed by atoms with Gasteiger partial charge < -0.3 is 5.32 Å². The smallest absolute Gasteiger partial charge is 0.247 e. The molecule has 1 unspecified atom stereocenters. The van der Waals surface area contributed by atoms with E-state index >= 15 is 0 Å². The minimum atomic E-state index is -0.266. The van der Waals surface area contributed by atoms with Gasteiger partial charge in [-0.05, 0) is 26.7 Å². The number of carbonyl (C=O) groups is 2. The molecule has 2 fully saturated rings. The second-order valence-electron chi connectivity index (χ2n) is 5.10. The molecule has 0 aromatic rings. The molecule has 2 rings (SSSR count). The second kappa shape index (κ2) is 4.53. The maximum Gasteiger partial charge on any atom is 0.247 e. The second-order valence-corrected chi connectivity index (χ2v) is 5.10. The maximum atomic E-state index is 12.0. The van der Waals surface area contributed by atoms with Crippen LogP contribution in [0.1, 0.15) is 46.0 Å². The third kappa shape index (κ3) is 2.12. The first-order valence-corrected chi connectivity index (χ1v) is 6.21. The van der Waals surface area contributed by atoms with Crippen LogP contribution in [0.25, 0.3) is 0 Å². The van der Waals surface area contributed by atoms with Gasteiger partial charge in [-0.25, -0.2) is 0 Å². The largest absolute Gasteiger partial charge is 0.303 e. The SMILES string of the molecule is CC(C)N1C(=O)CC(NC2CCCC2)C1=O. The molecule has 4 nitrogen and oxygen atoms in total. The molecule has 90 valence electrons. The van der Waals surface area contributed by atoms with Crippen molar-refractivity contribution in [3.8, 4) is 0 Å². The van der Waals surface area contributed by atoms with E-state index in [2.05, 4.69) is 5.32 Å². The van der Waals surface area contributed by atoms with Gasteiger partial charge in [0.05, 0.1) is 12.5 Å². The average Bonchev–Trinajstić information content (AvgIpc) is 2.76. The van der Waals surface area contributed by atoms with Crippen LogP contribution in [0.4, 0.5) is 0 Å². The molecule has 1 aliphatic carbocycles. The standard InChI is InChI=1S/C12H20N2O2/c1-8(2)14-11(15)7-10(12(14)16)13-9-5-3-4-6-9/h8-10,13H,3-7H2,1-2H3. The average molecular weight is 224 g/mol. The summed E-state index contributed by atoms with van der Waals surface area (Å²) < 4.78 is 0. The number of hydrogen-bond donors (Lipinski definition) is 1. The Bertz CT molecular complexity index is 295. The number of carbonyl (C=O) groups excluding carboxylic acids is 2. The molecule has 0 aromatic heterocycles. The molecule has 0 spiro atoms. The van der Waals surface area contributed by atoms with Crippen LogP contribution in [0.15, 0.2) is 0 Å². The predicted molar refractivity (Wildman–Crippen MR) is 60.8 cm³/mol. The van der Waals surface area contributed by atoms with Gasteiger partial charge in [0.2, 0.25) is 11.8 Å². The zero-order chi connectivity index (χ0) is 11.7. The summed E-state index contributed by atoms with van der Waals surface area (Å²) in [7, 11) is 0. The lowest BCUT2D eigenvalue weighted by Crippen LogP contribution is -2.44. The van der Waals surface area contributed by atoms with Crippen LogP contribution in [-0.4, -0.2) is 34.8 Å². The van der Waals surface area contributed by atoms with E-state index in [0.717, 1.165) is 12.8 Å². The number of nitrogens with one attached hydrogen (secondary N) is 1. The van der Waals surface area contributed by atoms with Crippen LogP contribution in [0, 0.1) is 0 Å². The normalized spacial score (nSPS) is 27.4. The van der Waals surface area contributed by atoms with Crippen LogP contribution in [0.3, 0.4) is 0 Å².